The topological polar surface area (TPSA) is 47.8 Å². The fourth-order valence-corrected chi connectivity index (χ4v) is 2.00. The van der Waals surface area contributed by atoms with Gasteiger partial charge in [0.15, 0.2) is 5.82 Å². The summed E-state index contributed by atoms with van der Waals surface area (Å²) in [7, 11) is 1.80. The van der Waals surface area contributed by atoms with Crippen LogP contribution in [-0.4, -0.2) is 20.3 Å². The van der Waals surface area contributed by atoms with Crippen molar-refractivity contribution in [2.45, 2.75) is 0 Å². The maximum atomic E-state index is 12.4. The summed E-state index contributed by atoms with van der Waals surface area (Å²) in [4.78, 5) is 20.6. The number of carbonyl (C=O) groups excluding carboxylic acids is 1. The Labute approximate surface area is 104 Å². The molecule has 0 N–H and O–H groups in total. The lowest BCUT2D eigenvalue weighted by Gasteiger charge is -2.04. The zero-order chi connectivity index (χ0) is 12.5. The first-order chi connectivity index (χ1) is 8.77. The van der Waals surface area contributed by atoms with Crippen LogP contribution in [0.15, 0.2) is 49.1 Å². The molecule has 88 valence electrons. The van der Waals surface area contributed by atoms with Gasteiger partial charge >= 0.3 is 0 Å². The summed E-state index contributed by atoms with van der Waals surface area (Å²) in [5, 5.41) is 1.86. The van der Waals surface area contributed by atoms with Crippen molar-refractivity contribution >= 4 is 16.6 Å². The Morgan fingerprint density at radius 3 is 2.83 bits per heavy atom. The van der Waals surface area contributed by atoms with Crippen molar-refractivity contribution in [2.24, 2.45) is 7.05 Å². The van der Waals surface area contributed by atoms with Gasteiger partial charge in [0.1, 0.15) is 0 Å². The predicted octanol–water partition coefficient (Wildman–Crippen LogP) is 2.20. The quantitative estimate of drug-likeness (QED) is 0.642. The van der Waals surface area contributed by atoms with Gasteiger partial charge in [-0.1, -0.05) is 24.3 Å². The second kappa shape index (κ2) is 4.07. The van der Waals surface area contributed by atoms with Gasteiger partial charge in [-0.2, -0.15) is 0 Å². The lowest BCUT2D eigenvalue weighted by molar-refractivity contribution is 0.102. The molecule has 2 aromatic heterocycles. The van der Waals surface area contributed by atoms with Crippen LogP contribution in [0.3, 0.4) is 0 Å². The molecular weight excluding hydrogens is 226 g/mol. The molecule has 0 fully saturated rings. The highest BCUT2D eigenvalue weighted by molar-refractivity contribution is 6.14. The standard InChI is InChI=1S/C14H11N3O/c1-17-7-6-16-14(17)13(18)12-9-15-8-10-4-2-3-5-11(10)12/h2-9H,1H3. The molecule has 3 rings (SSSR count). The summed E-state index contributed by atoms with van der Waals surface area (Å²) < 4.78 is 1.71. The molecule has 0 aliphatic heterocycles. The summed E-state index contributed by atoms with van der Waals surface area (Å²) in [6, 6.07) is 7.71. The number of hydrogen-bond acceptors (Lipinski definition) is 3. The van der Waals surface area contributed by atoms with Crippen LogP contribution in [0.2, 0.25) is 0 Å². The number of ketones is 1. The minimum absolute atomic E-state index is 0.105. The third-order valence-electron chi connectivity index (χ3n) is 2.94. The summed E-state index contributed by atoms with van der Waals surface area (Å²) in [5.74, 6) is 0.319. The highest BCUT2D eigenvalue weighted by atomic mass is 16.1. The third-order valence-corrected chi connectivity index (χ3v) is 2.94. The molecule has 4 heteroatoms. The van der Waals surface area contributed by atoms with Crippen molar-refractivity contribution in [2.75, 3.05) is 0 Å². The van der Waals surface area contributed by atoms with Crippen molar-refractivity contribution < 1.29 is 4.79 Å². The SMILES string of the molecule is Cn1ccnc1C(=O)c1cncc2ccccc12. The molecule has 0 aliphatic rings. The maximum absolute atomic E-state index is 12.4. The van der Waals surface area contributed by atoms with E-state index in [9.17, 15) is 4.79 Å². The molecule has 0 amide bonds. The van der Waals surface area contributed by atoms with Gasteiger partial charge in [0.2, 0.25) is 5.78 Å². The summed E-state index contributed by atoms with van der Waals surface area (Å²) in [6.07, 6.45) is 6.72. The third kappa shape index (κ3) is 1.59. The largest absolute Gasteiger partial charge is 0.331 e. The minimum atomic E-state index is -0.105. The number of aryl methyl sites for hydroxylation is 1. The summed E-state index contributed by atoms with van der Waals surface area (Å²) in [5.41, 5.74) is 0.586. The summed E-state index contributed by atoms with van der Waals surface area (Å²) in [6.45, 7) is 0. The Hall–Kier alpha value is -2.49. The molecular formula is C14H11N3O. The molecule has 0 atom stereocenters. The van der Waals surface area contributed by atoms with Crippen molar-refractivity contribution in [3.05, 3.63) is 60.4 Å². The predicted molar refractivity (Wildman–Crippen MR) is 68.4 cm³/mol. The van der Waals surface area contributed by atoms with E-state index in [1.54, 1.807) is 36.4 Å². The molecule has 3 aromatic rings. The Kier molecular flexibility index (Phi) is 2.41. The Morgan fingerprint density at radius 2 is 2.06 bits per heavy atom. The summed E-state index contributed by atoms with van der Waals surface area (Å²) >= 11 is 0. The van der Waals surface area contributed by atoms with Crippen LogP contribution < -0.4 is 0 Å². The van der Waals surface area contributed by atoms with Gasteiger partial charge < -0.3 is 4.57 Å². The number of pyridine rings is 1. The number of rotatable bonds is 2. The monoisotopic (exact) mass is 237 g/mol. The van der Waals surface area contributed by atoms with E-state index in [2.05, 4.69) is 9.97 Å². The molecule has 0 saturated carbocycles. The van der Waals surface area contributed by atoms with Crippen molar-refractivity contribution in [1.82, 2.24) is 14.5 Å². The second-order valence-electron chi connectivity index (χ2n) is 4.10. The average Bonchev–Trinajstić information content (AvgIpc) is 2.83. The number of hydrogen-bond donors (Lipinski definition) is 0. The number of imidazole rings is 1. The highest BCUT2D eigenvalue weighted by Crippen LogP contribution is 2.19. The van der Waals surface area contributed by atoms with Gasteiger partial charge in [0.05, 0.1) is 5.56 Å². The van der Waals surface area contributed by atoms with E-state index in [4.69, 9.17) is 0 Å². The molecule has 1 aromatic carbocycles. The Morgan fingerprint density at radius 1 is 1.22 bits per heavy atom. The van der Waals surface area contributed by atoms with Gasteiger partial charge in [0.25, 0.3) is 0 Å². The smallest absolute Gasteiger partial charge is 0.230 e. The van der Waals surface area contributed by atoms with Crippen molar-refractivity contribution in [3.63, 3.8) is 0 Å². The molecule has 0 aliphatic carbocycles. The minimum Gasteiger partial charge on any atom is -0.331 e. The van der Waals surface area contributed by atoms with E-state index in [1.807, 2.05) is 24.3 Å². The van der Waals surface area contributed by atoms with E-state index in [0.29, 0.717) is 11.4 Å². The van der Waals surface area contributed by atoms with Crippen molar-refractivity contribution in [1.29, 1.82) is 0 Å². The van der Waals surface area contributed by atoms with Crippen LogP contribution in [0, 0.1) is 0 Å². The molecule has 0 radical (unpaired) electrons. The lowest BCUT2D eigenvalue weighted by atomic mass is 10.0. The fourth-order valence-electron chi connectivity index (χ4n) is 2.00. The molecule has 0 unspecified atom stereocenters. The molecule has 0 spiro atoms. The highest BCUT2D eigenvalue weighted by Gasteiger charge is 2.16. The molecule has 2 heterocycles. The van der Waals surface area contributed by atoms with E-state index >= 15 is 0 Å². The van der Waals surface area contributed by atoms with Crippen LogP contribution in [-0.2, 0) is 7.05 Å². The number of carbonyl (C=O) groups is 1. The first kappa shape index (κ1) is 10.7. The Bertz CT molecular complexity index is 725. The van der Waals surface area contributed by atoms with Crippen LogP contribution >= 0.6 is 0 Å². The number of benzene rings is 1. The molecule has 18 heavy (non-hydrogen) atoms. The normalized spacial score (nSPS) is 10.7. The maximum Gasteiger partial charge on any atom is 0.230 e. The van der Waals surface area contributed by atoms with Crippen molar-refractivity contribution in [3.8, 4) is 0 Å². The number of aromatic nitrogens is 3. The zero-order valence-electron chi connectivity index (χ0n) is 9.87. The van der Waals surface area contributed by atoms with Gasteiger partial charge in [-0.05, 0) is 5.39 Å². The molecule has 4 nitrogen and oxygen atoms in total. The Balaban J connectivity index is 2.21. The first-order valence-corrected chi connectivity index (χ1v) is 5.62. The zero-order valence-corrected chi connectivity index (χ0v) is 9.87. The van der Waals surface area contributed by atoms with E-state index in [1.165, 1.54) is 0 Å². The average molecular weight is 237 g/mol. The van der Waals surface area contributed by atoms with Crippen LogP contribution in [0.25, 0.3) is 10.8 Å². The first-order valence-electron chi connectivity index (χ1n) is 5.62. The second-order valence-corrected chi connectivity index (χ2v) is 4.10. The van der Waals surface area contributed by atoms with Gasteiger partial charge in [-0.15, -0.1) is 0 Å². The van der Waals surface area contributed by atoms with E-state index < -0.39 is 0 Å². The lowest BCUT2D eigenvalue weighted by Crippen LogP contribution is -2.09. The number of nitrogens with zero attached hydrogens (tertiary/aromatic N) is 3. The van der Waals surface area contributed by atoms with Crippen LogP contribution in [0.1, 0.15) is 16.2 Å². The van der Waals surface area contributed by atoms with E-state index in [0.717, 1.165) is 10.8 Å². The van der Waals surface area contributed by atoms with Gasteiger partial charge in [0, 0.05) is 37.2 Å². The van der Waals surface area contributed by atoms with Crippen LogP contribution in [0.4, 0.5) is 0 Å². The molecule has 0 saturated heterocycles. The molecule has 0 bridgehead atoms. The van der Waals surface area contributed by atoms with Gasteiger partial charge in [-0.25, -0.2) is 4.98 Å². The fraction of sp³-hybridized carbons (Fsp3) is 0.0714. The van der Waals surface area contributed by atoms with E-state index in [-0.39, 0.29) is 5.78 Å². The number of fused-ring (bicyclic) bond motifs is 1. The van der Waals surface area contributed by atoms with Crippen LogP contribution in [0.5, 0.6) is 0 Å². The van der Waals surface area contributed by atoms with Gasteiger partial charge in [-0.3, -0.25) is 9.78 Å².